The Hall–Kier alpha value is -2.83. The molecule has 0 aliphatic rings. The fraction of sp³-hybridized carbons (Fsp3) is 0.167. The highest BCUT2D eigenvalue weighted by Crippen LogP contribution is 2.33. The fourth-order valence-corrected chi connectivity index (χ4v) is 4.62. The molecule has 0 aliphatic carbocycles. The zero-order valence-electron chi connectivity index (χ0n) is 16.9. The van der Waals surface area contributed by atoms with Crippen molar-refractivity contribution in [1.29, 1.82) is 0 Å². The molecule has 0 aliphatic heterocycles. The van der Waals surface area contributed by atoms with Crippen LogP contribution < -0.4 is 9.64 Å². The SMILES string of the molecule is CCOc1ccc2nc(N(Cc3ccccc3)C(=O)c3cccc(SC)c3)sc2c1. The van der Waals surface area contributed by atoms with Crippen molar-refractivity contribution >= 4 is 44.4 Å². The summed E-state index contributed by atoms with van der Waals surface area (Å²) < 4.78 is 6.62. The van der Waals surface area contributed by atoms with Crippen molar-refractivity contribution in [1.82, 2.24) is 4.98 Å². The molecule has 0 fully saturated rings. The Balaban J connectivity index is 1.74. The van der Waals surface area contributed by atoms with Crippen molar-refractivity contribution in [2.24, 2.45) is 0 Å². The molecule has 30 heavy (non-hydrogen) atoms. The standard InChI is InChI=1S/C24H22N2O2S2/c1-3-28-19-12-13-21-22(15-19)30-24(25-21)26(16-17-8-5-4-6-9-17)23(27)18-10-7-11-20(14-18)29-2/h4-15H,3,16H2,1-2H3. The summed E-state index contributed by atoms with van der Waals surface area (Å²) in [6, 6.07) is 23.6. The van der Waals surface area contributed by atoms with Crippen LogP contribution in [0.15, 0.2) is 77.7 Å². The fourth-order valence-electron chi connectivity index (χ4n) is 3.17. The summed E-state index contributed by atoms with van der Waals surface area (Å²) in [6.07, 6.45) is 2.01. The molecule has 0 N–H and O–H groups in total. The lowest BCUT2D eigenvalue weighted by molar-refractivity contribution is 0.0985. The van der Waals surface area contributed by atoms with Gasteiger partial charge in [0.1, 0.15) is 5.75 Å². The van der Waals surface area contributed by atoms with Crippen molar-refractivity contribution in [3.8, 4) is 5.75 Å². The Morgan fingerprint density at radius 1 is 1.07 bits per heavy atom. The Morgan fingerprint density at radius 3 is 2.67 bits per heavy atom. The number of carbonyl (C=O) groups excluding carboxylic acids is 1. The number of aromatic nitrogens is 1. The zero-order valence-corrected chi connectivity index (χ0v) is 18.5. The minimum atomic E-state index is -0.0566. The molecule has 6 heteroatoms. The quantitative estimate of drug-likeness (QED) is 0.322. The van der Waals surface area contributed by atoms with Gasteiger partial charge in [0.15, 0.2) is 5.13 Å². The van der Waals surface area contributed by atoms with Crippen LogP contribution in [0.4, 0.5) is 5.13 Å². The van der Waals surface area contributed by atoms with E-state index in [1.807, 2.05) is 86.0 Å². The maximum atomic E-state index is 13.5. The average Bonchev–Trinajstić information content (AvgIpc) is 3.21. The number of thioether (sulfide) groups is 1. The predicted molar refractivity (Wildman–Crippen MR) is 126 cm³/mol. The molecule has 0 radical (unpaired) electrons. The van der Waals surface area contributed by atoms with Gasteiger partial charge < -0.3 is 4.74 Å². The zero-order chi connectivity index (χ0) is 20.9. The highest BCUT2D eigenvalue weighted by atomic mass is 32.2. The van der Waals surface area contributed by atoms with Gasteiger partial charge in [0, 0.05) is 10.5 Å². The first kappa shape index (κ1) is 20.4. The van der Waals surface area contributed by atoms with E-state index in [0.29, 0.717) is 23.8 Å². The van der Waals surface area contributed by atoms with Crippen LogP contribution in [-0.2, 0) is 6.54 Å². The summed E-state index contributed by atoms with van der Waals surface area (Å²) in [5.74, 6) is 0.757. The van der Waals surface area contributed by atoms with E-state index in [2.05, 4.69) is 0 Å². The van der Waals surface area contributed by atoms with E-state index < -0.39 is 0 Å². The normalized spacial score (nSPS) is 10.9. The highest BCUT2D eigenvalue weighted by molar-refractivity contribution is 7.98. The molecule has 0 spiro atoms. The maximum absolute atomic E-state index is 13.5. The molecule has 1 aromatic heterocycles. The second-order valence-electron chi connectivity index (χ2n) is 6.67. The van der Waals surface area contributed by atoms with Crippen LogP contribution in [0.25, 0.3) is 10.2 Å². The number of anilines is 1. The molecule has 3 aromatic carbocycles. The first-order chi connectivity index (χ1) is 14.7. The molecule has 0 atom stereocenters. The lowest BCUT2D eigenvalue weighted by atomic mass is 10.1. The molecule has 152 valence electrons. The molecule has 4 aromatic rings. The third-order valence-corrected chi connectivity index (χ3v) is 6.40. The van der Waals surface area contributed by atoms with Crippen LogP contribution in [0.1, 0.15) is 22.8 Å². The first-order valence-corrected chi connectivity index (χ1v) is 11.8. The number of rotatable bonds is 7. The molecule has 0 saturated heterocycles. The molecule has 1 heterocycles. The Kier molecular flexibility index (Phi) is 6.35. The van der Waals surface area contributed by atoms with E-state index in [-0.39, 0.29) is 5.91 Å². The topological polar surface area (TPSA) is 42.4 Å². The van der Waals surface area contributed by atoms with Crippen molar-refractivity contribution in [3.63, 3.8) is 0 Å². The van der Waals surface area contributed by atoms with Crippen LogP contribution in [-0.4, -0.2) is 23.8 Å². The van der Waals surface area contributed by atoms with Gasteiger partial charge in [-0.15, -0.1) is 11.8 Å². The van der Waals surface area contributed by atoms with Crippen LogP contribution in [0, 0.1) is 0 Å². The van der Waals surface area contributed by atoms with Crippen LogP contribution in [0.2, 0.25) is 0 Å². The van der Waals surface area contributed by atoms with E-state index in [0.717, 1.165) is 26.4 Å². The minimum Gasteiger partial charge on any atom is -0.494 e. The lowest BCUT2D eigenvalue weighted by Gasteiger charge is -2.20. The summed E-state index contributed by atoms with van der Waals surface area (Å²) in [4.78, 5) is 21.1. The summed E-state index contributed by atoms with van der Waals surface area (Å²) in [5, 5.41) is 0.682. The number of hydrogen-bond donors (Lipinski definition) is 0. The van der Waals surface area contributed by atoms with Crippen molar-refractivity contribution < 1.29 is 9.53 Å². The third-order valence-electron chi connectivity index (χ3n) is 4.64. The van der Waals surface area contributed by atoms with Gasteiger partial charge in [0.25, 0.3) is 5.91 Å². The van der Waals surface area contributed by atoms with Crippen LogP contribution in [0.3, 0.4) is 0 Å². The molecule has 4 nitrogen and oxygen atoms in total. The molecule has 4 rings (SSSR count). The largest absolute Gasteiger partial charge is 0.494 e. The van der Waals surface area contributed by atoms with Crippen LogP contribution >= 0.6 is 23.1 Å². The molecule has 0 bridgehead atoms. The number of fused-ring (bicyclic) bond motifs is 1. The summed E-state index contributed by atoms with van der Waals surface area (Å²) in [5.41, 5.74) is 2.58. The Labute approximate surface area is 184 Å². The monoisotopic (exact) mass is 434 g/mol. The number of ether oxygens (including phenoxy) is 1. The Morgan fingerprint density at radius 2 is 1.90 bits per heavy atom. The van der Waals surface area contributed by atoms with Gasteiger partial charge >= 0.3 is 0 Å². The summed E-state index contributed by atoms with van der Waals surface area (Å²) in [6.45, 7) is 3.04. The molecule has 0 saturated carbocycles. The van der Waals surface area contributed by atoms with Gasteiger partial charge in [0.2, 0.25) is 0 Å². The summed E-state index contributed by atoms with van der Waals surface area (Å²) >= 11 is 3.13. The van der Waals surface area contributed by atoms with Gasteiger partial charge in [0.05, 0.1) is 23.4 Å². The van der Waals surface area contributed by atoms with E-state index in [4.69, 9.17) is 9.72 Å². The van der Waals surface area contributed by atoms with Crippen molar-refractivity contribution in [2.45, 2.75) is 18.4 Å². The molecular weight excluding hydrogens is 412 g/mol. The smallest absolute Gasteiger partial charge is 0.260 e. The number of carbonyl (C=O) groups is 1. The van der Waals surface area contributed by atoms with Crippen LogP contribution in [0.5, 0.6) is 5.75 Å². The van der Waals surface area contributed by atoms with Crippen molar-refractivity contribution in [2.75, 3.05) is 17.8 Å². The second-order valence-corrected chi connectivity index (χ2v) is 8.56. The lowest BCUT2D eigenvalue weighted by Crippen LogP contribution is -2.30. The number of thiazole rings is 1. The average molecular weight is 435 g/mol. The molecule has 1 amide bonds. The van der Waals surface area contributed by atoms with E-state index in [1.165, 1.54) is 11.3 Å². The van der Waals surface area contributed by atoms with Gasteiger partial charge in [-0.2, -0.15) is 0 Å². The first-order valence-electron chi connectivity index (χ1n) is 9.71. The number of hydrogen-bond acceptors (Lipinski definition) is 5. The second kappa shape index (κ2) is 9.32. The van der Waals surface area contributed by atoms with E-state index >= 15 is 0 Å². The third kappa shape index (κ3) is 4.50. The maximum Gasteiger partial charge on any atom is 0.260 e. The Bertz CT molecular complexity index is 1160. The number of benzene rings is 3. The van der Waals surface area contributed by atoms with E-state index in [9.17, 15) is 4.79 Å². The molecular formula is C24H22N2O2S2. The predicted octanol–water partition coefficient (Wildman–Crippen LogP) is 6.26. The van der Waals surface area contributed by atoms with Gasteiger partial charge in [-0.3, -0.25) is 9.69 Å². The summed E-state index contributed by atoms with van der Waals surface area (Å²) in [7, 11) is 0. The van der Waals surface area contributed by atoms with Gasteiger partial charge in [-0.1, -0.05) is 47.7 Å². The number of nitrogens with zero attached hydrogens (tertiary/aromatic N) is 2. The van der Waals surface area contributed by atoms with Crippen molar-refractivity contribution in [3.05, 3.63) is 83.9 Å². The molecule has 0 unspecified atom stereocenters. The number of amides is 1. The highest BCUT2D eigenvalue weighted by Gasteiger charge is 2.22. The van der Waals surface area contributed by atoms with Gasteiger partial charge in [-0.05, 0) is 55.1 Å². The minimum absolute atomic E-state index is 0.0566. The van der Waals surface area contributed by atoms with E-state index in [1.54, 1.807) is 16.7 Å². The van der Waals surface area contributed by atoms with Gasteiger partial charge in [-0.25, -0.2) is 4.98 Å².